The Morgan fingerprint density at radius 2 is 2.10 bits per heavy atom. The molecule has 0 aromatic rings. The first-order valence-corrected chi connectivity index (χ1v) is 9.70. The minimum Gasteiger partial charge on any atom is -0.337 e. The first-order valence-electron chi connectivity index (χ1n) is 7.88. The third kappa shape index (κ3) is 4.85. The molecule has 122 valence electrons. The van der Waals surface area contributed by atoms with Crippen LogP contribution in [-0.4, -0.2) is 62.1 Å². The van der Waals surface area contributed by atoms with E-state index in [0.717, 1.165) is 6.54 Å². The lowest BCUT2D eigenvalue weighted by Crippen LogP contribution is -2.51. The molecule has 0 unspecified atom stereocenters. The van der Waals surface area contributed by atoms with Gasteiger partial charge in [0.15, 0.2) is 9.84 Å². The number of carbonyl (C=O) groups excluding carboxylic acids is 1. The van der Waals surface area contributed by atoms with Crippen LogP contribution in [0.4, 0.5) is 4.79 Å². The number of rotatable bonds is 4. The highest BCUT2D eigenvalue weighted by atomic mass is 32.2. The van der Waals surface area contributed by atoms with Gasteiger partial charge in [-0.3, -0.25) is 4.90 Å². The Bertz CT molecular complexity index is 466. The number of hydrogen-bond donors (Lipinski definition) is 2. The fourth-order valence-corrected chi connectivity index (χ4v) is 4.95. The largest absolute Gasteiger partial charge is 0.337 e. The Labute approximate surface area is 127 Å². The van der Waals surface area contributed by atoms with E-state index in [4.69, 9.17) is 0 Å². The summed E-state index contributed by atoms with van der Waals surface area (Å²) in [6, 6.07) is 0.379. The fourth-order valence-electron chi connectivity index (χ4n) is 3.28. The third-order valence-corrected chi connectivity index (χ3v) is 6.31. The van der Waals surface area contributed by atoms with Crippen LogP contribution in [0.15, 0.2) is 0 Å². The number of sulfone groups is 1. The second-order valence-electron chi connectivity index (χ2n) is 6.39. The summed E-state index contributed by atoms with van der Waals surface area (Å²) < 4.78 is 22.7. The van der Waals surface area contributed by atoms with Gasteiger partial charge in [0.05, 0.1) is 11.5 Å². The van der Waals surface area contributed by atoms with Gasteiger partial charge in [-0.05, 0) is 39.7 Å². The molecular weight excluding hydrogens is 290 g/mol. The molecule has 2 aliphatic heterocycles. The molecule has 2 saturated heterocycles. The fraction of sp³-hybridized carbons (Fsp3) is 0.929. The first kappa shape index (κ1) is 16.5. The van der Waals surface area contributed by atoms with E-state index in [9.17, 15) is 13.2 Å². The Hall–Kier alpha value is -0.820. The summed E-state index contributed by atoms with van der Waals surface area (Å²) in [6.07, 6.45) is 4.25. The van der Waals surface area contributed by atoms with Crippen molar-refractivity contribution < 1.29 is 13.2 Å². The summed E-state index contributed by atoms with van der Waals surface area (Å²) in [6.45, 7) is 6.05. The Kier molecular flexibility index (Phi) is 5.48. The van der Waals surface area contributed by atoms with E-state index in [0.29, 0.717) is 25.0 Å². The number of hydrogen-bond acceptors (Lipinski definition) is 4. The van der Waals surface area contributed by atoms with E-state index in [1.165, 1.54) is 19.3 Å². The molecule has 2 rings (SSSR count). The van der Waals surface area contributed by atoms with E-state index in [-0.39, 0.29) is 23.6 Å². The number of likely N-dealkylation sites (tertiary alicyclic amines) is 1. The molecule has 0 bridgehead atoms. The maximum atomic E-state index is 11.8. The molecule has 3 atom stereocenters. The summed E-state index contributed by atoms with van der Waals surface area (Å²) >= 11 is 0. The molecule has 0 saturated carbocycles. The second kappa shape index (κ2) is 6.96. The van der Waals surface area contributed by atoms with Crippen molar-refractivity contribution in [3.63, 3.8) is 0 Å². The molecule has 7 heteroatoms. The molecule has 21 heavy (non-hydrogen) atoms. The zero-order valence-electron chi connectivity index (χ0n) is 13.0. The van der Waals surface area contributed by atoms with Gasteiger partial charge in [0.2, 0.25) is 0 Å². The topological polar surface area (TPSA) is 78.5 Å². The van der Waals surface area contributed by atoms with Gasteiger partial charge in [0, 0.05) is 24.7 Å². The number of carbonyl (C=O) groups is 1. The summed E-state index contributed by atoms with van der Waals surface area (Å²) in [4.78, 5) is 14.3. The Morgan fingerprint density at radius 3 is 2.71 bits per heavy atom. The van der Waals surface area contributed by atoms with Gasteiger partial charge < -0.3 is 10.6 Å². The average Bonchev–Trinajstić information content (AvgIpc) is 2.75. The van der Waals surface area contributed by atoms with E-state index in [2.05, 4.69) is 29.4 Å². The lowest BCUT2D eigenvalue weighted by Gasteiger charge is -2.38. The predicted octanol–water partition coefficient (Wildman–Crippen LogP) is 0.736. The molecule has 0 radical (unpaired) electrons. The van der Waals surface area contributed by atoms with Gasteiger partial charge in [0.1, 0.15) is 0 Å². The van der Waals surface area contributed by atoms with Crippen LogP contribution in [0.1, 0.15) is 39.5 Å². The van der Waals surface area contributed by atoms with Crippen molar-refractivity contribution >= 4 is 15.9 Å². The standard InChI is InChI=1S/C14H27N3O3S/c1-11-5-3-4-7-17(11)12(2)9-15-14(18)16-13-6-8-21(19,20)10-13/h11-13H,3-10H2,1-2H3,(H2,15,16,18)/t11-,12-,13+/m1/s1. The Balaban J connectivity index is 1.71. The van der Waals surface area contributed by atoms with E-state index in [1.807, 2.05) is 0 Å². The summed E-state index contributed by atoms with van der Waals surface area (Å²) in [5.41, 5.74) is 0. The predicted molar refractivity (Wildman–Crippen MR) is 83.1 cm³/mol. The smallest absolute Gasteiger partial charge is 0.315 e. The molecule has 2 heterocycles. The number of amides is 2. The molecule has 2 amide bonds. The van der Waals surface area contributed by atoms with Crippen LogP contribution in [0.2, 0.25) is 0 Å². The second-order valence-corrected chi connectivity index (χ2v) is 8.61. The summed E-state index contributed by atoms with van der Waals surface area (Å²) in [7, 11) is -2.95. The minimum absolute atomic E-state index is 0.0686. The van der Waals surface area contributed by atoms with Crippen molar-refractivity contribution in [1.82, 2.24) is 15.5 Å². The lowest BCUT2D eigenvalue weighted by atomic mass is 10.0. The van der Waals surface area contributed by atoms with E-state index < -0.39 is 9.84 Å². The van der Waals surface area contributed by atoms with Crippen LogP contribution in [0.3, 0.4) is 0 Å². The summed E-state index contributed by atoms with van der Waals surface area (Å²) in [5, 5.41) is 5.62. The average molecular weight is 317 g/mol. The van der Waals surface area contributed by atoms with Crippen LogP contribution in [0.5, 0.6) is 0 Å². The molecule has 2 N–H and O–H groups in total. The van der Waals surface area contributed by atoms with Gasteiger partial charge >= 0.3 is 6.03 Å². The Morgan fingerprint density at radius 1 is 1.33 bits per heavy atom. The van der Waals surface area contributed by atoms with Crippen LogP contribution >= 0.6 is 0 Å². The summed E-state index contributed by atoms with van der Waals surface area (Å²) in [5.74, 6) is 0.249. The molecule has 2 aliphatic rings. The lowest BCUT2D eigenvalue weighted by molar-refractivity contribution is 0.114. The van der Waals surface area contributed by atoms with Crippen molar-refractivity contribution in [3.05, 3.63) is 0 Å². The van der Waals surface area contributed by atoms with Crippen LogP contribution in [0.25, 0.3) is 0 Å². The molecule has 6 nitrogen and oxygen atoms in total. The molecule has 0 aromatic carbocycles. The molecular formula is C14H27N3O3S. The molecule has 0 spiro atoms. The zero-order valence-corrected chi connectivity index (χ0v) is 13.8. The quantitative estimate of drug-likeness (QED) is 0.801. The van der Waals surface area contributed by atoms with Gasteiger partial charge in [-0.15, -0.1) is 0 Å². The highest BCUT2D eigenvalue weighted by molar-refractivity contribution is 7.91. The SMILES string of the molecule is C[C@@H]1CCCCN1[C@H](C)CNC(=O)N[C@H]1CCS(=O)(=O)C1. The van der Waals surface area contributed by atoms with Crippen LogP contribution in [-0.2, 0) is 9.84 Å². The molecule has 2 fully saturated rings. The van der Waals surface area contributed by atoms with Crippen LogP contribution in [0, 0.1) is 0 Å². The van der Waals surface area contributed by atoms with Crippen LogP contribution < -0.4 is 10.6 Å². The highest BCUT2D eigenvalue weighted by Crippen LogP contribution is 2.18. The number of urea groups is 1. The monoisotopic (exact) mass is 317 g/mol. The van der Waals surface area contributed by atoms with E-state index in [1.54, 1.807) is 0 Å². The number of nitrogens with one attached hydrogen (secondary N) is 2. The first-order chi connectivity index (χ1) is 9.87. The van der Waals surface area contributed by atoms with Gasteiger partial charge in [0.25, 0.3) is 0 Å². The maximum absolute atomic E-state index is 11.8. The van der Waals surface area contributed by atoms with Crippen molar-refractivity contribution in [2.24, 2.45) is 0 Å². The number of piperidine rings is 1. The minimum atomic E-state index is -2.95. The van der Waals surface area contributed by atoms with E-state index >= 15 is 0 Å². The van der Waals surface area contributed by atoms with Gasteiger partial charge in [-0.1, -0.05) is 6.42 Å². The van der Waals surface area contributed by atoms with Crippen molar-refractivity contribution in [2.45, 2.75) is 57.7 Å². The number of nitrogens with zero attached hydrogens (tertiary/aromatic N) is 1. The van der Waals surface area contributed by atoms with Crippen molar-refractivity contribution in [3.8, 4) is 0 Å². The normalized spacial score (nSPS) is 30.8. The zero-order chi connectivity index (χ0) is 15.5. The van der Waals surface area contributed by atoms with Crippen molar-refractivity contribution in [1.29, 1.82) is 0 Å². The third-order valence-electron chi connectivity index (χ3n) is 4.55. The van der Waals surface area contributed by atoms with Gasteiger partial charge in [-0.2, -0.15) is 0 Å². The highest BCUT2D eigenvalue weighted by Gasteiger charge is 2.29. The maximum Gasteiger partial charge on any atom is 0.315 e. The van der Waals surface area contributed by atoms with Crippen molar-refractivity contribution in [2.75, 3.05) is 24.6 Å². The molecule has 0 aromatic heterocycles. The molecule has 0 aliphatic carbocycles. The van der Waals surface area contributed by atoms with Gasteiger partial charge in [-0.25, -0.2) is 13.2 Å².